The summed E-state index contributed by atoms with van der Waals surface area (Å²) >= 11 is 0.950. The number of hydrogen-bond acceptors (Lipinski definition) is 4. The van der Waals surface area contributed by atoms with E-state index < -0.39 is 0 Å². The van der Waals surface area contributed by atoms with Crippen LogP contribution in [0.2, 0.25) is 0 Å². The molecule has 2 aromatic heterocycles. The number of amides is 1. The van der Waals surface area contributed by atoms with E-state index in [0.717, 1.165) is 22.5 Å². The van der Waals surface area contributed by atoms with Crippen molar-refractivity contribution in [3.8, 4) is 0 Å². The van der Waals surface area contributed by atoms with Crippen LogP contribution in [0.25, 0.3) is 0 Å². The molecule has 0 aliphatic heterocycles. The highest BCUT2D eigenvalue weighted by molar-refractivity contribution is 7.11. The highest BCUT2D eigenvalue weighted by Crippen LogP contribution is 2.17. The van der Waals surface area contributed by atoms with E-state index in [0.29, 0.717) is 23.7 Å². The van der Waals surface area contributed by atoms with Crippen molar-refractivity contribution < 1.29 is 9.18 Å². The van der Waals surface area contributed by atoms with Gasteiger partial charge >= 0.3 is 4.87 Å². The van der Waals surface area contributed by atoms with Crippen molar-refractivity contribution in [2.24, 2.45) is 0 Å². The second kappa shape index (κ2) is 7.61. The van der Waals surface area contributed by atoms with Crippen molar-refractivity contribution in [2.75, 3.05) is 7.05 Å². The fraction of sp³-hybridized carbons (Fsp3) is 0.211. The fourth-order valence-corrected chi connectivity index (χ4v) is 3.62. The van der Waals surface area contributed by atoms with Gasteiger partial charge in [-0.05, 0) is 42.3 Å². The minimum absolute atomic E-state index is 0.169. The first-order chi connectivity index (χ1) is 12.5. The zero-order valence-corrected chi connectivity index (χ0v) is 15.3. The second-order valence-electron chi connectivity index (χ2n) is 6.01. The molecule has 0 atom stereocenters. The van der Waals surface area contributed by atoms with Gasteiger partial charge in [0.25, 0.3) is 5.91 Å². The Balaban J connectivity index is 1.80. The van der Waals surface area contributed by atoms with Crippen LogP contribution in [0.1, 0.15) is 26.5 Å². The topological polar surface area (TPSA) is 55.2 Å². The van der Waals surface area contributed by atoms with Gasteiger partial charge in [-0.1, -0.05) is 23.5 Å². The molecule has 3 aromatic rings. The van der Waals surface area contributed by atoms with Gasteiger partial charge in [-0.15, -0.1) is 0 Å². The third-order valence-corrected chi connectivity index (χ3v) is 5.18. The molecule has 0 aliphatic rings. The maximum absolute atomic E-state index is 13.0. The lowest BCUT2D eigenvalue weighted by Crippen LogP contribution is -2.26. The zero-order chi connectivity index (χ0) is 18.7. The molecule has 2 heterocycles. The summed E-state index contributed by atoms with van der Waals surface area (Å²) in [5.41, 5.74) is 2.41. The molecule has 0 N–H and O–H groups in total. The first-order valence-electron chi connectivity index (χ1n) is 8.04. The lowest BCUT2D eigenvalue weighted by molar-refractivity contribution is 0.0788. The molecule has 0 unspecified atom stereocenters. The summed E-state index contributed by atoms with van der Waals surface area (Å²) in [6.07, 6.45) is 3.34. The number of thiazole rings is 1. The Kier molecular flexibility index (Phi) is 5.27. The molecule has 0 spiro atoms. The minimum atomic E-state index is -0.315. The van der Waals surface area contributed by atoms with Gasteiger partial charge < -0.3 is 4.90 Å². The average molecular weight is 371 g/mol. The zero-order valence-electron chi connectivity index (χ0n) is 14.5. The number of nitrogens with zero attached hydrogens (tertiary/aromatic N) is 3. The van der Waals surface area contributed by atoms with Crippen molar-refractivity contribution in [1.82, 2.24) is 14.5 Å². The molecule has 26 heavy (non-hydrogen) atoms. The summed E-state index contributed by atoms with van der Waals surface area (Å²) in [4.78, 5) is 30.8. The van der Waals surface area contributed by atoms with Crippen LogP contribution in [-0.4, -0.2) is 27.4 Å². The number of rotatable bonds is 5. The number of halogens is 1. The van der Waals surface area contributed by atoms with Crippen LogP contribution >= 0.6 is 11.3 Å². The van der Waals surface area contributed by atoms with E-state index in [2.05, 4.69) is 4.98 Å². The molecule has 0 saturated heterocycles. The molecule has 134 valence electrons. The van der Waals surface area contributed by atoms with Gasteiger partial charge in [-0.3, -0.25) is 19.1 Å². The largest absolute Gasteiger partial charge is 0.337 e. The first kappa shape index (κ1) is 18.0. The predicted octanol–water partition coefficient (Wildman–Crippen LogP) is 3.07. The molecular formula is C19H18FN3O2S. The monoisotopic (exact) mass is 371 g/mol. The highest BCUT2D eigenvalue weighted by atomic mass is 32.1. The summed E-state index contributed by atoms with van der Waals surface area (Å²) < 4.78 is 14.6. The van der Waals surface area contributed by atoms with Gasteiger partial charge in [0.15, 0.2) is 0 Å². The normalized spacial score (nSPS) is 10.7. The van der Waals surface area contributed by atoms with E-state index in [4.69, 9.17) is 0 Å². The molecule has 3 rings (SSSR count). The van der Waals surface area contributed by atoms with Gasteiger partial charge in [0.1, 0.15) is 10.7 Å². The van der Waals surface area contributed by atoms with E-state index in [1.54, 1.807) is 43.1 Å². The van der Waals surface area contributed by atoms with Gasteiger partial charge in [0.2, 0.25) is 0 Å². The second-order valence-corrected chi connectivity index (χ2v) is 6.97. The third kappa shape index (κ3) is 3.88. The van der Waals surface area contributed by atoms with Gasteiger partial charge in [-0.25, -0.2) is 4.39 Å². The SMILES string of the molecule is Cc1c(C(=O)N(C)Cc2ccc(F)cc2)sc(=O)n1Cc1ccncc1. The summed E-state index contributed by atoms with van der Waals surface area (Å²) in [7, 11) is 1.67. The fourth-order valence-electron chi connectivity index (χ4n) is 2.64. The third-order valence-electron chi connectivity index (χ3n) is 4.11. The van der Waals surface area contributed by atoms with Gasteiger partial charge in [0, 0.05) is 31.7 Å². The molecular weight excluding hydrogens is 353 g/mol. The Bertz CT molecular complexity index is 965. The molecule has 5 nitrogen and oxygen atoms in total. The maximum Gasteiger partial charge on any atom is 0.308 e. The Morgan fingerprint density at radius 1 is 1.15 bits per heavy atom. The van der Waals surface area contributed by atoms with Crippen LogP contribution in [0.15, 0.2) is 53.6 Å². The lowest BCUT2D eigenvalue weighted by atomic mass is 10.2. The quantitative estimate of drug-likeness (QED) is 0.693. The smallest absolute Gasteiger partial charge is 0.308 e. The van der Waals surface area contributed by atoms with Crippen LogP contribution in [0.5, 0.6) is 0 Å². The number of carbonyl (C=O) groups excluding carboxylic acids is 1. The van der Waals surface area contributed by atoms with E-state index >= 15 is 0 Å². The molecule has 0 fully saturated rings. The van der Waals surface area contributed by atoms with E-state index in [1.165, 1.54) is 17.0 Å². The Morgan fingerprint density at radius 3 is 2.46 bits per heavy atom. The van der Waals surface area contributed by atoms with Crippen LogP contribution in [-0.2, 0) is 13.1 Å². The molecule has 1 aromatic carbocycles. The summed E-state index contributed by atoms with van der Waals surface area (Å²) in [5, 5.41) is 0. The van der Waals surface area contributed by atoms with Crippen molar-refractivity contribution >= 4 is 17.2 Å². The van der Waals surface area contributed by atoms with Crippen LogP contribution in [0, 0.1) is 12.7 Å². The number of carbonyl (C=O) groups is 1. The van der Waals surface area contributed by atoms with E-state index in [1.807, 2.05) is 12.1 Å². The Labute approximate surface area is 154 Å². The van der Waals surface area contributed by atoms with Crippen molar-refractivity contribution in [3.63, 3.8) is 0 Å². The number of hydrogen-bond donors (Lipinski definition) is 0. The predicted molar refractivity (Wildman–Crippen MR) is 98.9 cm³/mol. The molecule has 0 saturated carbocycles. The van der Waals surface area contributed by atoms with Crippen molar-refractivity contribution in [1.29, 1.82) is 0 Å². The van der Waals surface area contributed by atoms with Crippen LogP contribution in [0.3, 0.4) is 0 Å². The highest BCUT2D eigenvalue weighted by Gasteiger charge is 2.21. The molecule has 1 amide bonds. The van der Waals surface area contributed by atoms with Crippen LogP contribution in [0.4, 0.5) is 4.39 Å². The number of pyridine rings is 1. The molecule has 0 radical (unpaired) electrons. The van der Waals surface area contributed by atoms with Crippen molar-refractivity contribution in [2.45, 2.75) is 20.0 Å². The molecule has 0 aliphatic carbocycles. The maximum atomic E-state index is 13.0. The summed E-state index contributed by atoms with van der Waals surface area (Å²) in [6, 6.07) is 9.69. The lowest BCUT2D eigenvalue weighted by Gasteiger charge is -2.17. The minimum Gasteiger partial charge on any atom is -0.337 e. The van der Waals surface area contributed by atoms with Gasteiger partial charge in [-0.2, -0.15) is 0 Å². The van der Waals surface area contributed by atoms with E-state index in [9.17, 15) is 14.0 Å². The Morgan fingerprint density at radius 2 is 1.81 bits per heavy atom. The molecule has 0 bridgehead atoms. The summed E-state index contributed by atoms with van der Waals surface area (Å²) in [6.45, 7) is 2.52. The van der Waals surface area contributed by atoms with E-state index in [-0.39, 0.29) is 16.6 Å². The standard InChI is InChI=1S/C19H18FN3O2S/c1-13-17(18(24)22(2)11-14-3-5-16(20)6-4-14)26-19(25)23(13)12-15-7-9-21-10-8-15/h3-10H,11-12H2,1-2H3. The van der Waals surface area contributed by atoms with Crippen LogP contribution < -0.4 is 4.87 Å². The Hall–Kier alpha value is -2.80. The molecule has 7 heteroatoms. The number of benzene rings is 1. The summed E-state index contributed by atoms with van der Waals surface area (Å²) in [5.74, 6) is -0.535. The van der Waals surface area contributed by atoms with Gasteiger partial charge in [0.05, 0.1) is 6.54 Å². The average Bonchev–Trinajstić information content (AvgIpc) is 2.92. The van der Waals surface area contributed by atoms with Crippen molar-refractivity contribution in [3.05, 3.63) is 86.0 Å². The number of aromatic nitrogens is 2. The first-order valence-corrected chi connectivity index (χ1v) is 8.86.